The molecule has 1 heterocycles. The Morgan fingerprint density at radius 3 is 2.62 bits per heavy atom. The second kappa shape index (κ2) is 9.22. The molecule has 1 saturated heterocycles. The summed E-state index contributed by atoms with van der Waals surface area (Å²) in [5.74, 6) is 0.862. The molecule has 1 atom stereocenters. The van der Waals surface area contributed by atoms with E-state index in [1.165, 1.54) is 50.8 Å². The Labute approximate surface area is 130 Å². The van der Waals surface area contributed by atoms with Gasteiger partial charge in [-0.15, -0.1) is 0 Å². The molecule has 1 N–H and O–H groups in total. The van der Waals surface area contributed by atoms with Crippen molar-refractivity contribution in [3.05, 3.63) is 35.9 Å². The van der Waals surface area contributed by atoms with Crippen LogP contribution in [0.25, 0.3) is 0 Å². The minimum Gasteiger partial charge on any atom is -0.314 e. The third-order valence-electron chi connectivity index (χ3n) is 4.52. The third kappa shape index (κ3) is 5.80. The number of hydrogen-bond acceptors (Lipinski definition) is 2. The van der Waals surface area contributed by atoms with Gasteiger partial charge in [-0.1, -0.05) is 69.9 Å². The van der Waals surface area contributed by atoms with Crippen molar-refractivity contribution >= 4 is 0 Å². The van der Waals surface area contributed by atoms with Crippen molar-refractivity contribution in [3.8, 4) is 0 Å². The maximum absolute atomic E-state index is 3.54. The number of rotatable bonds is 8. The van der Waals surface area contributed by atoms with E-state index in [0.717, 1.165) is 19.0 Å². The maximum Gasteiger partial charge on any atom is 0.0473 e. The molecule has 2 rings (SSSR count). The quantitative estimate of drug-likeness (QED) is 0.720. The molecule has 0 spiro atoms. The van der Waals surface area contributed by atoms with E-state index in [1.807, 2.05) is 0 Å². The fourth-order valence-corrected chi connectivity index (χ4v) is 3.24. The van der Waals surface area contributed by atoms with Crippen molar-refractivity contribution in [2.24, 2.45) is 5.92 Å². The van der Waals surface area contributed by atoms with Gasteiger partial charge >= 0.3 is 0 Å². The SMILES string of the molecule is CC(C)CCCCCCN1CCNCC1c1ccccc1. The van der Waals surface area contributed by atoms with Crippen LogP contribution in [0.4, 0.5) is 0 Å². The molecule has 1 aromatic carbocycles. The zero-order valence-corrected chi connectivity index (χ0v) is 13.9. The molecule has 21 heavy (non-hydrogen) atoms. The van der Waals surface area contributed by atoms with E-state index in [0.29, 0.717) is 6.04 Å². The third-order valence-corrected chi connectivity index (χ3v) is 4.52. The normalized spacial score (nSPS) is 20.0. The molecule has 118 valence electrons. The van der Waals surface area contributed by atoms with E-state index in [1.54, 1.807) is 0 Å². The van der Waals surface area contributed by atoms with Crippen LogP contribution in [0.2, 0.25) is 0 Å². The molecule has 1 unspecified atom stereocenters. The summed E-state index contributed by atoms with van der Waals surface area (Å²) in [5, 5.41) is 3.54. The highest BCUT2D eigenvalue weighted by Crippen LogP contribution is 2.22. The number of hydrogen-bond donors (Lipinski definition) is 1. The van der Waals surface area contributed by atoms with Gasteiger partial charge in [-0.2, -0.15) is 0 Å². The van der Waals surface area contributed by atoms with Gasteiger partial charge in [0.25, 0.3) is 0 Å². The van der Waals surface area contributed by atoms with Crippen LogP contribution in [0.15, 0.2) is 30.3 Å². The lowest BCUT2D eigenvalue weighted by atomic mass is 10.0. The molecule has 0 bridgehead atoms. The van der Waals surface area contributed by atoms with Gasteiger partial charge in [-0.05, 0) is 24.4 Å². The first kappa shape index (κ1) is 16.5. The summed E-state index contributed by atoms with van der Waals surface area (Å²) in [4.78, 5) is 2.67. The molecule has 1 aliphatic rings. The molecule has 0 radical (unpaired) electrons. The lowest BCUT2D eigenvalue weighted by Gasteiger charge is -2.36. The molecule has 0 aliphatic carbocycles. The number of nitrogens with one attached hydrogen (secondary N) is 1. The van der Waals surface area contributed by atoms with Crippen LogP contribution in [0.1, 0.15) is 57.6 Å². The Kier molecular flexibility index (Phi) is 7.25. The molecule has 0 saturated carbocycles. The van der Waals surface area contributed by atoms with Gasteiger partial charge in [-0.3, -0.25) is 4.90 Å². The zero-order valence-electron chi connectivity index (χ0n) is 13.9. The Morgan fingerprint density at radius 1 is 1.10 bits per heavy atom. The summed E-state index contributed by atoms with van der Waals surface area (Å²) >= 11 is 0. The van der Waals surface area contributed by atoms with Crippen LogP contribution in [-0.4, -0.2) is 31.1 Å². The summed E-state index contributed by atoms with van der Waals surface area (Å²) < 4.78 is 0. The van der Waals surface area contributed by atoms with Crippen LogP contribution in [0.5, 0.6) is 0 Å². The van der Waals surface area contributed by atoms with Crippen molar-refractivity contribution in [1.29, 1.82) is 0 Å². The van der Waals surface area contributed by atoms with Gasteiger partial charge in [0, 0.05) is 25.7 Å². The van der Waals surface area contributed by atoms with Crippen LogP contribution in [-0.2, 0) is 0 Å². The Morgan fingerprint density at radius 2 is 1.86 bits per heavy atom. The van der Waals surface area contributed by atoms with Crippen molar-refractivity contribution in [3.63, 3.8) is 0 Å². The molecule has 2 nitrogen and oxygen atoms in total. The van der Waals surface area contributed by atoms with E-state index in [-0.39, 0.29) is 0 Å². The van der Waals surface area contributed by atoms with Crippen molar-refractivity contribution in [2.45, 2.75) is 52.0 Å². The number of benzene rings is 1. The summed E-state index contributed by atoms with van der Waals surface area (Å²) in [6.07, 6.45) is 6.93. The van der Waals surface area contributed by atoms with Gasteiger partial charge in [0.2, 0.25) is 0 Å². The van der Waals surface area contributed by atoms with Gasteiger partial charge in [0.05, 0.1) is 0 Å². The van der Waals surface area contributed by atoms with Crippen LogP contribution >= 0.6 is 0 Å². The van der Waals surface area contributed by atoms with Gasteiger partial charge in [-0.25, -0.2) is 0 Å². The smallest absolute Gasteiger partial charge is 0.0473 e. The van der Waals surface area contributed by atoms with Crippen LogP contribution in [0.3, 0.4) is 0 Å². The van der Waals surface area contributed by atoms with Crippen molar-refractivity contribution in [2.75, 3.05) is 26.2 Å². The van der Waals surface area contributed by atoms with Crippen LogP contribution in [0, 0.1) is 5.92 Å². The molecule has 2 heteroatoms. The first-order chi connectivity index (χ1) is 10.3. The van der Waals surface area contributed by atoms with E-state index < -0.39 is 0 Å². The van der Waals surface area contributed by atoms with Crippen molar-refractivity contribution in [1.82, 2.24) is 10.2 Å². The molecular formula is C19H32N2. The highest BCUT2D eigenvalue weighted by atomic mass is 15.2. The average Bonchev–Trinajstić information content (AvgIpc) is 2.52. The van der Waals surface area contributed by atoms with Gasteiger partial charge in [0.1, 0.15) is 0 Å². The lowest BCUT2D eigenvalue weighted by Crippen LogP contribution is -2.46. The van der Waals surface area contributed by atoms with Crippen molar-refractivity contribution < 1.29 is 0 Å². The fraction of sp³-hybridized carbons (Fsp3) is 0.684. The minimum atomic E-state index is 0.565. The van der Waals surface area contributed by atoms with E-state index in [2.05, 4.69) is 54.4 Å². The standard InChI is InChI=1S/C19H32N2/c1-17(2)10-6-3-4-9-14-21-15-13-20-16-19(21)18-11-7-5-8-12-18/h5,7-8,11-12,17,19-20H,3-4,6,9-10,13-16H2,1-2H3. The molecular weight excluding hydrogens is 256 g/mol. The summed E-state index contributed by atoms with van der Waals surface area (Å²) in [6, 6.07) is 11.5. The second-order valence-corrected chi connectivity index (χ2v) is 6.76. The number of nitrogens with zero attached hydrogens (tertiary/aromatic N) is 1. The highest BCUT2D eigenvalue weighted by Gasteiger charge is 2.22. The predicted octanol–water partition coefficient (Wildman–Crippen LogP) is 4.24. The molecule has 0 aromatic heterocycles. The second-order valence-electron chi connectivity index (χ2n) is 6.76. The van der Waals surface area contributed by atoms with Crippen LogP contribution < -0.4 is 5.32 Å². The summed E-state index contributed by atoms with van der Waals surface area (Å²) in [5.41, 5.74) is 1.46. The summed E-state index contributed by atoms with van der Waals surface area (Å²) in [7, 11) is 0. The largest absolute Gasteiger partial charge is 0.314 e. The fourth-order valence-electron chi connectivity index (χ4n) is 3.24. The predicted molar refractivity (Wildman–Crippen MR) is 91.5 cm³/mol. The topological polar surface area (TPSA) is 15.3 Å². The molecule has 1 fully saturated rings. The Balaban J connectivity index is 1.72. The minimum absolute atomic E-state index is 0.565. The first-order valence-corrected chi connectivity index (χ1v) is 8.77. The average molecular weight is 288 g/mol. The first-order valence-electron chi connectivity index (χ1n) is 8.77. The number of piperazine rings is 1. The Bertz CT molecular complexity index is 374. The maximum atomic E-state index is 3.54. The molecule has 1 aliphatic heterocycles. The zero-order chi connectivity index (χ0) is 14.9. The molecule has 0 amide bonds. The number of unbranched alkanes of at least 4 members (excludes halogenated alkanes) is 3. The molecule has 1 aromatic rings. The highest BCUT2D eigenvalue weighted by molar-refractivity contribution is 5.20. The monoisotopic (exact) mass is 288 g/mol. The van der Waals surface area contributed by atoms with Gasteiger partial charge in [0.15, 0.2) is 0 Å². The summed E-state index contributed by atoms with van der Waals surface area (Å²) in [6.45, 7) is 9.32. The van der Waals surface area contributed by atoms with Gasteiger partial charge < -0.3 is 5.32 Å². The van der Waals surface area contributed by atoms with E-state index >= 15 is 0 Å². The lowest BCUT2D eigenvalue weighted by molar-refractivity contribution is 0.158. The van der Waals surface area contributed by atoms with E-state index in [4.69, 9.17) is 0 Å². The Hall–Kier alpha value is -0.860. The van der Waals surface area contributed by atoms with E-state index in [9.17, 15) is 0 Å².